The van der Waals surface area contributed by atoms with E-state index >= 15 is 0 Å². The predicted octanol–water partition coefficient (Wildman–Crippen LogP) is 6.83. The Morgan fingerprint density at radius 2 is 2.00 bits per heavy atom. The Hall–Kier alpha value is -2.35. The Kier molecular flexibility index (Phi) is 11.5. The van der Waals surface area contributed by atoms with Gasteiger partial charge >= 0.3 is 0 Å². The van der Waals surface area contributed by atoms with E-state index in [-0.39, 0.29) is 17.7 Å². The Morgan fingerprint density at radius 3 is 2.77 bits per heavy atom. The summed E-state index contributed by atoms with van der Waals surface area (Å²) in [5, 5.41) is 0.760. The summed E-state index contributed by atoms with van der Waals surface area (Å²) in [6, 6.07) is 11.8. The standard InChI is InChI=1S/C32H43ClN2O4S/c1-4-9-24-18-27(33)12-14-29(24)26-20-35-17-16-23(5-2)10-7-6-8-11-25(21-38-3)32(36)34-40(37)28-13-15-31(39-22-26)30(35)19-28/h6-7,12-15,18-19,23,25-26H,4-5,8-11,16-17,20-22H2,1-3H3,(H,34,36)/b7-6+. The lowest BCUT2D eigenvalue weighted by atomic mass is 9.91. The molecule has 0 spiro atoms. The number of carbonyl (C=O) groups excluding carboxylic acids is 1. The third kappa shape index (κ3) is 7.89. The van der Waals surface area contributed by atoms with Crippen molar-refractivity contribution < 1.29 is 18.5 Å². The lowest BCUT2D eigenvalue weighted by Crippen LogP contribution is -2.34. The highest BCUT2D eigenvalue weighted by atomic mass is 35.5. The summed E-state index contributed by atoms with van der Waals surface area (Å²) in [7, 11) is -0.0942. The van der Waals surface area contributed by atoms with E-state index < -0.39 is 11.0 Å². The van der Waals surface area contributed by atoms with Crippen molar-refractivity contribution in [2.75, 3.05) is 38.3 Å². The molecule has 2 aromatic rings. The van der Waals surface area contributed by atoms with Gasteiger partial charge in [0.15, 0.2) is 11.0 Å². The summed E-state index contributed by atoms with van der Waals surface area (Å²) in [6.45, 7) is 6.95. The third-order valence-electron chi connectivity index (χ3n) is 8.06. The number of halogens is 1. The fraction of sp³-hybridized carbons (Fsp3) is 0.531. The number of fused-ring (bicyclic) bond motifs is 1. The number of aryl methyl sites for hydroxylation is 1. The Balaban J connectivity index is 1.69. The summed E-state index contributed by atoms with van der Waals surface area (Å²) in [5.41, 5.74) is 3.48. The summed E-state index contributed by atoms with van der Waals surface area (Å²) in [4.78, 5) is 16.0. The number of hydrogen-bond acceptors (Lipinski definition) is 5. The maximum atomic E-state index is 13.3. The molecule has 0 aromatic heterocycles. The highest BCUT2D eigenvalue weighted by Crippen LogP contribution is 2.38. The minimum absolute atomic E-state index is 0.167. The predicted molar refractivity (Wildman–Crippen MR) is 164 cm³/mol. The van der Waals surface area contributed by atoms with E-state index in [0.717, 1.165) is 68.1 Å². The van der Waals surface area contributed by atoms with E-state index in [0.29, 0.717) is 30.4 Å². The van der Waals surface area contributed by atoms with Crippen LogP contribution < -0.4 is 14.4 Å². The van der Waals surface area contributed by atoms with Crippen molar-refractivity contribution in [2.45, 2.75) is 69.6 Å². The molecule has 4 rings (SSSR count). The zero-order valence-electron chi connectivity index (χ0n) is 24.0. The maximum absolute atomic E-state index is 13.3. The van der Waals surface area contributed by atoms with Crippen LogP contribution in [0.15, 0.2) is 53.4 Å². The molecule has 218 valence electrons. The molecule has 2 aliphatic heterocycles. The van der Waals surface area contributed by atoms with E-state index in [1.807, 2.05) is 18.2 Å². The molecule has 8 heteroatoms. The van der Waals surface area contributed by atoms with Crippen LogP contribution in [0.5, 0.6) is 5.75 Å². The number of rotatable bonds is 6. The Morgan fingerprint density at radius 1 is 1.15 bits per heavy atom. The number of ether oxygens (including phenoxy) is 2. The number of nitrogens with zero attached hydrogens (tertiary/aromatic N) is 1. The smallest absolute Gasteiger partial charge is 0.237 e. The van der Waals surface area contributed by atoms with E-state index in [1.54, 1.807) is 13.2 Å². The molecule has 0 radical (unpaired) electrons. The minimum atomic E-state index is -1.69. The minimum Gasteiger partial charge on any atom is -0.491 e. The number of nitrogens with one attached hydrogen (secondary N) is 1. The van der Waals surface area contributed by atoms with Gasteiger partial charge in [-0.05, 0) is 79.5 Å². The molecule has 1 N–H and O–H groups in total. The fourth-order valence-electron chi connectivity index (χ4n) is 5.70. The Bertz CT molecular complexity index is 1200. The van der Waals surface area contributed by atoms with Gasteiger partial charge in [0, 0.05) is 31.1 Å². The van der Waals surface area contributed by atoms with Crippen LogP contribution in [0.1, 0.15) is 69.4 Å². The van der Waals surface area contributed by atoms with Crippen molar-refractivity contribution >= 4 is 34.2 Å². The number of amides is 1. The molecule has 4 atom stereocenters. The zero-order valence-corrected chi connectivity index (χ0v) is 25.6. The lowest BCUT2D eigenvalue weighted by Gasteiger charge is -2.29. The van der Waals surface area contributed by atoms with Gasteiger partial charge in [-0.1, -0.05) is 56.5 Å². The van der Waals surface area contributed by atoms with Gasteiger partial charge < -0.3 is 14.4 Å². The highest BCUT2D eigenvalue weighted by molar-refractivity contribution is 7.83. The molecule has 0 saturated carbocycles. The molecular formula is C32H43ClN2O4S. The first-order valence-electron chi connectivity index (χ1n) is 14.6. The number of hydrogen-bond donors (Lipinski definition) is 1. The molecule has 6 nitrogen and oxygen atoms in total. The largest absolute Gasteiger partial charge is 0.491 e. The van der Waals surface area contributed by atoms with Crippen molar-refractivity contribution in [1.82, 2.24) is 4.72 Å². The molecule has 2 aliphatic rings. The number of allylic oxidation sites excluding steroid dienone is 2. The van der Waals surface area contributed by atoms with E-state index in [9.17, 15) is 9.00 Å². The van der Waals surface area contributed by atoms with Crippen molar-refractivity contribution in [3.8, 4) is 5.75 Å². The molecule has 2 bridgehead atoms. The molecule has 2 aromatic carbocycles. The van der Waals surface area contributed by atoms with Crippen LogP contribution in [-0.4, -0.2) is 43.5 Å². The summed E-state index contributed by atoms with van der Waals surface area (Å²) in [5.74, 6) is 0.900. The molecule has 0 aliphatic carbocycles. The van der Waals surface area contributed by atoms with Crippen molar-refractivity contribution in [3.63, 3.8) is 0 Å². The lowest BCUT2D eigenvalue weighted by molar-refractivity contribution is -0.124. The zero-order chi connectivity index (χ0) is 28.5. The molecule has 0 saturated heterocycles. The van der Waals surface area contributed by atoms with Crippen LogP contribution in [0.4, 0.5) is 5.69 Å². The summed E-state index contributed by atoms with van der Waals surface area (Å²) < 4.78 is 27.8. The molecule has 4 unspecified atom stereocenters. The van der Waals surface area contributed by atoms with Crippen LogP contribution in [0.25, 0.3) is 0 Å². The average Bonchev–Trinajstić information content (AvgIpc) is 3.12. The SMILES string of the molecule is CCCc1cc(Cl)ccc1C1COc2ccc3cc2N(CCC(CC)C/C=C/CCC(COC)C(=O)NS3=O)C1. The first kappa shape index (κ1) is 30.6. The van der Waals surface area contributed by atoms with Crippen molar-refractivity contribution in [3.05, 3.63) is 64.7 Å². The van der Waals surface area contributed by atoms with Crippen LogP contribution in [0.3, 0.4) is 0 Å². The second kappa shape index (κ2) is 15.0. The molecule has 2 heterocycles. The maximum Gasteiger partial charge on any atom is 0.237 e. The number of benzene rings is 2. The topological polar surface area (TPSA) is 67.9 Å². The normalized spacial score (nSPS) is 25.0. The van der Waals surface area contributed by atoms with E-state index in [2.05, 4.69) is 47.8 Å². The Labute approximate surface area is 247 Å². The van der Waals surface area contributed by atoms with Crippen LogP contribution in [0.2, 0.25) is 5.02 Å². The quantitative estimate of drug-likeness (QED) is 0.376. The van der Waals surface area contributed by atoms with Crippen LogP contribution in [0, 0.1) is 11.8 Å². The van der Waals surface area contributed by atoms with Gasteiger partial charge in [0.05, 0.1) is 29.7 Å². The van der Waals surface area contributed by atoms with Gasteiger partial charge in [-0.2, -0.15) is 0 Å². The van der Waals surface area contributed by atoms with Gasteiger partial charge in [0.25, 0.3) is 0 Å². The average molecular weight is 587 g/mol. The molecule has 0 fully saturated rings. The van der Waals surface area contributed by atoms with Crippen molar-refractivity contribution in [1.29, 1.82) is 0 Å². The fourth-order valence-corrected chi connectivity index (χ4v) is 6.78. The number of methoxy groups -OCH3 is 1. The number of carbonyl (C=O) groups is 1. The molecule has 1 amide bonds. The third-order valence-corrected chi connectivity index (χ3v) is 9.37. The van der Waals surface area contributed by atoms with Gasteiger partial charge in [-0.15, -0.1) is 0 Å². The van der Waals surface area contributed by atoms with Gasteiger partial charge in [-0.3, -0.25) is 9.52 Å². The number of anilines is 1. The monoisotopic (exact) mass is 586 g/mol. The van der Waals surface area contributed by atoms with E-state index in [4.69, 9.17) is 21.1 Å². The summed E-state index contributed by atoms with van der Waals surface area (Å²) in [6.07, 6.45) is 11.0. The highest BCUT2D eigenvalue weighted by Gasteiger charge is 2.28. The molecule has 40 heavy (non-hydrogen) atoms. The first-order chi connectivity index (χ1) is 19.4. The van der Waals surface area contributed by atoms with E-state index in [1.165, 1.54) is 11.1 Å². The summed E-state index contributed by atoms with van der Waals surface area (Å²) >= 11 is 6.38. The van der Waals surface area contributed by atoms with Gasteiger partial charge in [-0.25, -0.2) is 4.21 Å². The second-order valence-corrected chi connectivity index (χ2v) is 12.6. The van der Waals surface area contributed by atoms with Crippen molar-refractivity contribution in [2.24, 2.45) is 11.8 Å². The van der Waals surface area contributed by atoms with Gasteiger partial charge in [0.2, 0.25) is 5.91 Å². The first-order valence-corrected chi connectivity index (χ1v) is 16.1. The van der Waals surface area contributed by atoms with Crippen LogP contribution >= 0.6 is 11.6 Å². The van der Waals surface area contributed by atoms with Crippen LogP contribution in [-0.2, 0) is 26.9 Å². The molecular weight excluding hydrogens is 544 g/mol. The second-order valence-electron chi connectivity index (χ2n) is 10.9. The van der Waals surface area contributed by atoms with Gasteiger partial charge in [0.1, 0.15) is 5.75 Å².